The van der Waals surface area contributed by atoms with Crippen molar-refractivity contribution in [1.82, 2.24) is 30.2 Å². The van der Waals surface area contributed by atoms with E-state index in [1.54, 1.807) is 40.7 Å². The van der Waals surface area contributed by atoms with Crippen LogP contribution in [0.4, 0.5) is 9.59 Å². The Morgan fingerprint density at radius 2 is 0.952 bits per heavy atom. The van der Waals surface area contributed by atoms with Gasteiger partial charge in [0.1, 0.15) is 40.8 Å². The molecule has 0 bridgehead atoms. The van der Waals surface area contributed by atoms with Gasteiger partial charge in [-0.25, -0.2) is 13.8 Å². The molecule has 2 amide bonds. The fraction of sp³-hybridized carbons (Fsp3) is 0.571. The van der Waals surface area contributed by atoms with Crippen molar-refractivity contribution >= 4 is 54.4 Å². The van der Waals surface area contributed by atoms with Crippen LogP contribution in [0.15, 0.2) is 91.3 Å². The van der Waals surface area contributed by atoms with Crippen LogP contribution < -0.4 is 10.6 Å². The summed E-state index contributed by atoms with van der Waals surface area (Å²) >= 11 is 5.37. The van der Waals surface area contributed by atoms with Crippen molar-refractivity contribution in [2.24, 2.45) is 0 Å². The quantitative estimate of drug-likeness (QED) is 0.127. The summed E-state index contributed by atoms with van der Waals surface area (Å²) in [6.45, 7) is 23.8. The van der Waals surface area contributed by atoms with Gasteiger partial charge in [0, 0.05) is 99.9 Å². The molecule has 62 heavy (non-hydrogen) atoms. The minimum atomic E-state index is -1.67. The standard InChI is InChI=1S/C14H22N2O3.C9H18N2O2.C9H14N2O.C5H5ClO.C5H6O2.Cl2OS/c1-14(2,3)19-13(17)16-8-6-15(7-9-16)11-12-5-4-10-18-12;1-9(2,3)13-8(12)11-6-4-10-5-7-11;1-2-9(12-7-1)8-11-5-3-10-4-6-11;2*6-4-5-2-1-3-7-5;1-4(2)3/h4-5,10H,6-9,11H2,1-3H3;10H,4-7H2,1-3H3;1-2,7,10H,3-6,8H2;1-3H,4H2;1-3,6H,4H2;. The Bertz CT molecular complexity index is 1660. The number of hydrogen-bond donors (Lipinski definition) is 3. The molecule has 0 unspecified atom stereocenters. The third-order valence-electron chi connectivity index (χ3n) is 8.37. The number of ether oxygens (including phenoxy) is 2. The Labute approximate surface area is 382 Å². The Balaban J connectivity index is 0.000000272. The van der Waals surface area contributed by atoms with Gasteiger partial charge in [-0.3, -0.25) is 9.80 Å². The van der Waals surface area contributed by atoms with Crippen LogP contribution in [0.2, 0.25) is 0 Å². The Hall–Kier alpha value is -3.52. The number of rotatable bonds is 6. The molecule has 20 heteroatoms. The van der Waals surface area contributed by atoms with Gasteiger partial charge in [-0.1, -0.05) is 0 Å². The Morgan fingerprint density at radius 1 is 0.613 bits per heavy atom. The summed E-state index contributed by atoms with van der Waals surface area (Å²) in [6.07, 6.45) is 6.15. The maximum absolute atomic E-state index is 11.9. The van der Waals surface area contributed by atoms with E-state index < -0.39 is 14.8 Å². The smallest absolute Gasteiger partial charge is 0.410 e. The van der Waals surface area contributed by atoms with Gasteiger partial charge in [0.25, 0.3) is 0 Å². The van der Waals surface area contributed by atoms with Gasteiger partial charge >= 0.3 is 12.2 Å². The van der Waals surface area contributed by atoms with Crippen LogP contribution >= 0.6 is 33.0 Å². The molecule has 3 fully saturated rings. The van der Waals surface area contributed by atoms with Gasteiger partial charge in [0.05, 0.1) is 44.0 Å². The number of halogens is 3. The van der Waals surface area contributed by atoms with E-state index in [1.807, 2.05) is 77.9 Å². The monoisotopic (exact) mass is 950 g/mol. The summed E-state index contributed by atoms with van der Waals surface area (Å²) in [6, 6.07) is 15.0. The highest BCUT2D eigenvalue weighted by Gasteiger charge is 2.26. The zero-order valence-electron chi connectivity index (χ0n) is 36.7. The molecule has 7 heterocycles. The summed E-state index contributed by atoms with van der Waals surface area (Å²) in [5.74, 6) is 3.93. The third kappa shape index (κ3) is 26.8. The summed E-state index contributed by atoms with van der Waals surface area (Å²) < 4.78 is 39.9. The largest absolute Gasteiger partial charge is 0.468 e. The van der Waals surface area contributed by atoms with Crippen LogP contribution in [-0.4, -0.2) is 131 Å². The zero-order chi connectivity index (χ0) is 45.8. The first-order valence-corrected chi connectivity index (χ1v) is 23.6. The molecule has 3 saturated heterocycles. The number of carbonyl (C=O) groups is 2. The van der Waals surface area contributed by atoms with E-state index in [4.69, 9.17) is 48.1 Å². The lowest BCUT2D eigenvalue weighted by Gasteiger charge is -2.35. The lowest BCUT2D eigenvalue weighted by atomic mass is 10.2. The highest BCUT2D eigenvalue weighted by Crippen LogP contribution is 2.14. The second-order valence-corrected chi connectivity index (χ2v) is 18.6. The van der Waals surface area contributed by atoms with Crippen LogP contribution in [0.5, 0.6) is 0 Å². The number of aliphatic hydroxyl groups is 1. The molecule has 3 aliphatic heterocycles. The molecule has 0 aliphatic carbocycles. The molecular formula is C42H65Cl3N6O10S. The SMILES string of the molecule is CC(C)(C)OC(=O)N1CCN(Cc2ccco2)CC1.CC(C)(C)OC(=O)N1CCNCC1.ClCc1ccco1.O=S(Cl)Cl.OCc1ccco1.c1coc(CN2CCNCC2)c1. The summed E-state index contributed by atoms with van der Waals surface area (Å²) in [4.78, 5) is 31.6. The van der Waals surface area contributed by atoms with E-state index in [1.165, 1.54) is 6.26 Å². The van der Waals surface area contributed by atoms with E-state index >= 15 is 0 Å². The van der Waals surface area contributed by atoms with Crippen molar-refractivity contribution in [2.75, 3.05) is 78.5 Å². The van der Waals surface area contributed by atoms with Gasteiger partial charge < -0.3 is 52.7 Å². The number of aliphatic hydroxyl groups excluding tert-OH is 1. The van der Waals surface area contributed by atoms with E-state index in [0.29, 0.717) is 24.7 Å². The minimum Gasteiger partial charge on any atom is -0.468 e. The van der Waals surface area contributed by atoms with E-state index in [0.717, 1.165) is 95.8 Å². The average Bonchev–Trinajstić information content (AvgIpc) is 4.09. The number of furan rings is 4. The number of alkyl halides is 1. The first-order chi connectivity index (χ1) is 29.5. The molecule has 3 aliphatic rings. The number of hydrogen-bond acceptors (Lipinski definition) is 14. The van der Waals surface area contributed by atoms with Gasteiger partial charge in [0.15, 0.2) is 0 Å². The fourth-order valence-corrected chi connectivity index (χ4v) is 5.65. The maximum atomic E-state index is 11.9. The molecule has 0 radical (unpaired) electrons. The maximum Gasteiger partial charge on any atom is 0.410 e. The molecule has 16 nitrogen and oxygen atoms in total. The fourth-order valence-electron chi connectivity index (χ4n) is 5.50. The minimum absolute atomic E-state index is 0.00694. The average molecular weight is 952 g/mol. The predicted molar refractivity (Wildman–Crippen MR) is 242 cm³/mol. The van der Waals surface area contributed by atoms with Crippen molar-refractivity contribution < 1.29 is 46.0 Å². The number of nitrogens with zero attached hydrogens (tertiary/aromatic N) is 4. The van der Waals surface area contributed by atoms with Crippen molar-refractivity contribution in [1.29, 1.82) is 0 Å². The van der Waals surface area contributed by atoms with Crippen LogP contribution in [0.25, 0.3) is 0 Å². The van der Waals surface area contributed by atoms with Crippen LogP contribution in [-0.2, 0) is 44.3 Å². The molecule has 4 aromatic heterocycles. The van der Waals surface area contributed by atoms with Crippen molar-refractivity contribution in [3.8, 4) is 0 Å². The predicted octanol–water partition coefficient (Wildman–Crippen LogP) is 7.68. The first kappa shape index (κ1) is 54.6. The lowest BCUT2D eigenvalue weighted by molar-refractivity contribution is 0.0133. The molecule has 0 aromatic carbocycles. The summed E-state index contributed by atoms with van der Waals surface area (Å²) in [7, 11) is 7.36. The van der Waals surface area contributed by atoms with Gasteiger partial charge in [-0.05, 0) is 90.1 Å². The number of piperazine rings is 3. The van der Waals surface area contributed by atoms with E-state index in [9.17, 15) is 9.59 Å². The molecule has 0 atom stereocenters. The molecule has 350 valence electrons. The second kappa shape index (κ2) is 30.5. The van der Waals surface area contributed by atoms with Crippen LogP contribution in [0, 0.1) is 0 Å². The highest BCUT2D eigenvalue weighted by molar-refractivity contribution is 8.26. The first-order valence-electron chi connectivity index (χ1n) is 20.3. The molecule has 7 rings (SSSR count). The number of carbonyl (C=O) groups excluding carboxylic acids is 2. The molecular weight excluding hydrogens is 887 g/mol. The summed E-state index contributed by atoms with van der Waals surface area (Å²) in [5, 5.41) is 14.8. The summed E-state index contributed by atoms with van der Waals surface area (Å²) in [5.41, 5.74) is -0.815. The van der Waals surface area contributed by atoms with E-state index in [-0.39, 0.29) is 24.4 Å². The Kier molecular flexibility index (Phi) is 26.9. The van der Waals surface area contributed by atoms with Gasteiger partial charge in [-0.2, -0.15) is 0 Å². The molecule has 0 spiro atoms. The second-order valence-electron chi connectivity index (χ2n) is 15.8. The number of amides is 2. The topological polar surface area (TPSA) is 179 Å². The number of nitrogens with one attached hydrogen (secondary N) is 2. The van der Waals surface area contributed by atoms with E-state index in [2.05, 4.69) is 41.8 Å². The molecule has 3 N–H and O–H groups in total. The van der Waals surface area contributed by atoms with Crippen LogP contribution in [0.3, 0.4) is 0 Å². The lowest BCUT2D eigenvalue weighted by Crippen LogP contribution is -2.49. The van der Waals surface area contributed by atoms with Gasteiger partial charge in [0.2, 0.25) is 9.23 Å². The molecule has 0 saturated carbocycles. The third-order valence-corrected chi connectivity index (χ3v) is 8.63. The Morgan fingerprint density at radius 3 is 1.26 bits per heavy atom. The highest BCUT2D eigenvalue weighted by atomic mass is 36.0. The van der Waals surface area contributed by atoms with Gasteiger partial charge in [-0.15, -0.1) is 11.6 Å². The van der Waals surface area contributed by atoms with Crippen LogP contribution in [0.1, 0.15) is 64.6 Å². The van der Waals surface area contributed by atoms with Crippen molar-refractivity contribution in [2.45, 2.75) is 78.3 Å². The van der Waals surface area contributed by atoms with Crippen molar-refractivity contribution in [3.05, 3.63) is 96.6 Å². The normalized spacial score (nSPS) is 15.7. The zero-order valence-corrected chi connectivity index (χ0v) is 39.8. The van der Waals surface area contributed by atoms with Crippen molar-refractivity contribution in [3.63, 3.8) is 0 Å². The molecule has 4 aromatic rings.